The van der Waals surface area contributed by atoms with Crippen LogP contribution in [0.15, 0.2) is 0 Å². The normalized spacial score (nSPS) is 11.9. The van der Waals surface area contributed by atoms with E-state index in [9.17, 15) is 0 Å². The first-order chi connectivity index (χ1) is 6.44. The van der Waals surface area contributed by atoms with Crippen molar-refractivity contribution in [1.29, 1.82) is 0 Å². The van der Waals surface area contributed by atoms with E-state index in [-0.39, 0.29) is 5.54 Å². The van der Waals surface area contributed by atoms with Crippen molar-refractivity contribution in [2.45, 2.75) is 26.3 Å². The molecule has 0 atom stereocenters. The number of hydrogen-bond acceptors (Lipinski definition) is 3. The Hall–Kier alpha value is -1.03. The van der Waals surface area contributed by atoms with E-state index in [0.29, 0.717) is 0 Å². The predicted octanol–water partition coefficient (Wildman–Crippen LogP) is 1.19. The van der Waals surface area contributed by atoms with Gasteiger partial charge in [0.05, 0.1) is 18.4 Å². The van der Waals surface area contributed by atoms with Gasteiger partial charge in [0.25, 0.3) is 0 Å². The standard InChI is InChI=1S/C10H19N3O/c1-7-8(10(2,3)11-4)9(14-6)13(5)12-7/h11H,1-6H3. The number of hydrogen-bond donors (Lipinski definition) is 1. The molecular formula is C10H19N3O. The highest BCUT2D eigenvalue weighted by atomic mass is 16.5. The van der Waals surface area contributed by atoms with Gasteiger partial charge in [-0.2, -0.15) is 5.10 Å². The second-order valence-electron chi connectivity index (χ2n) is 3.97. The number of aromatic nitrogens is 2. The van der Waals surface area contributed by atoms with Crippen molar-refractivity contribution < 1.29 is 4.74 Å². The molecule has 1 N–H and O–H groups in total. The van der Waals surface area contributed by atoms with Gasteiger partial charge in [0, 0.05) is 12.6 Å². The van der Waals surface area contributed by atoms with E-state index in [4.69, 9.17) is 4.74 Å². The van der Waals surface area contributed by atoms with Gasteiger partial charge >= 0.3 is 0 Å². The number of nitrogens with one attached hydrogen (secondary N) is 1. The molecule has 0 aliphatic heterocycles. The Morgan fingerprint density at radius 3 is 2.43 bits per heavy atom. The van der Waals surface area contributed by atoms with Crippen molar-refractivity contribution >= 4 is 0 Å². The Morgan fingerprint density at radius 2 is 2.00 bits per heavy atom. The zero-order chi connectivity index (χ0) is 10.9. The fourth-order valence-electron chi connectivity index (χ4n) is 1.72. The second-order valence-corrected chi connectivity index (χ2v) is 3.97. The number of rotatable bonds is 3. The van der Waals surface area contributed by atoms with Crippen LogP contribution in [0, 0.1) is 6.92 Å². The van der Waals surface area contributed by atoms with E-state index in [0.717, 1.165) is 17.1 Å². The van der Waals surface area contributed by atoms with E-state index in [1.165, 1.54) is 0 Å². The van der Waals surface area contributed by atoms with Crippen LogP contribution in [0.5, 0.6) is 5.88 Å². The maximum atomic E-state index is 5.35. The number of ether oxygens (including phenoxy) is 1. The molecule has 1 heterocycles. The summed E-state index contributed by atoms with van der Waals surface area (Å²) in [5.41, 5.74) is 2.00. The molecule has 80 valence electrons. The summed E-state index contributed by atoms with van der Waals surface area (Å²) in [6.07, 6.45) is 0. The molecule has 0 spiro atoms. The molecule has 0 saturated carbocycles. The summed E-state index contributed by atoms with van der Waals surface area (Å²) in [4.78, 5) is 0. The molecule has 0 saturated heterocycles. The Morgan fingerprint density at radius 1 is 1.43 bits per heavy atom. The molecule has 1 rings (SSSR count). The molecule has 0 aliphatic rings. The third kappa shape index (κ3) is 1.62. The molecule has 1 aromatic heterocycles. The van der Waals surface area contributed by atoms with Gasteiger partial charge in [-0.15, -0.1) is 0 Å². The van der Waals surface area contributed by atoms with Crippen molar-refractivity contribution in [2.75, 3.05) is 14.2 Å². The molecule has 4 nitrogen and oxygen atoms in total. The zero-order valence-electron chi connectivity index (χ0n) is 9.80. The fourth-order valence-corrected chi connectivity index (χ4v) is 1.72. The highest BCUT2D eigenvalue weighted by Gasteiger charge is 2.28. The lowest BCUT2D eigenvalue weighted by atomic mass is 9.95. The highest BCUT2D eigenvalue weighted by Crippen LogP contribution is 2.31. The third-order valence-electron chi connectivity index (χ3n) is 2.61. The van der Waals surface area contributed by atoms with Gasteiger partial charge in [-0.1, -0.05) is 0 Å². The van der Waals surface area contributed by atoms with Crippen LogP contribution in [0.4, 0.5) is 0 Å². The lowest BCUT2D eigenvalue weighted by molar-refractivity contribution is 0.347. The van der Waals surface area contributed by atoms with Crippen molar-refractivity contribution in [3.05, 3.63) is 11.3 Å². The molecular weight excluding hydrogens is 178 g/mol. The summed E-state index contributed by atoms with van der Waals surface area (Å²) in [5.74, 6) is 0.821. The van der Waals surface area contributed by atoms with E-state index in [2.05, 4.69) is 24.3 Å². The van der Waals surface area contributed by atoms with Crippen LogP contribution in [0.25, 0.3) is 0 Å². The minimum Gasteiger partial charge on any atom is -0.481 e. The summed E-state index contributed by atoms with van der Waals surface area (Å²) in [6, 6.07) is 0. The summed E-state index contributed by atoms with van der Waals surface area (Å²) in [6.45, 7) is 6.22. The van der Waals surface area contributed by atoms with E-state index < -0.39 is 0 Å². The smallest absolute Gasteiger partial charge is 0.216 e. The van der Waals surface area contributed by atoms with Crippen LogP contribution in [-0.4, -0.2) is 23.9 Å². The molecule has 0 fully saturated rings. The third-order valence-corrected chi connectivity index (χ3v) is 2.61. The largest absolute Gasteiger partial charge is 0.481 e. The molecule has 0 unspecified atom stereocenters. The summed E-state index contributed by atoms with van der Waals surface area (Å²) < 4.78 is 7.11. The average Bonchev–Trinajstić information content (AvgIpc) is 2.40. The molecule has 1 aromatic rings. The van der Waals surface area contributed by atoms with Gasteiger partial charge in [0.1, 0.15) is 0 Å². The maximum Gasteiger partial charge on any atom is 0.216 e. The van der Waals surface area contributed by atoms with Gasteiger partial charge in [0.2, 0.25) is 5.88 Å². The van der Waals surface area contributed by atoms with Gasteiger partial charge < -0.3 is 10.1 Å². The van der Waals surface area contributed by atoms with Crippen LogP contribution >= 0.6 is 0 Å². The molecule has 0 amide bonds. The predicted molar refractivity (Wildman–Crippen MR) is 56.6 cm³/mol. The molecule has 14 heavy (non-hydrogen) atoms. The number of methoxy groups -OCH3 is 1. The molecule has 0 radical (unpaired) electrons. The highest BCUT2D eigenvalue weighted by molar-refractivity contribution is 5.36. The van der Waals surface area contributed by atoms with Crippen molar-refractivity contribution in [2.24, 2.45) is 7.05 Å². The quantitative estimate of drug-likeness (QED) is 0.791. The first-order valence-corrected chi connectivity index (χ1v) is 4.71. The van der Waals surface area contributed by atoms with Crippen molar-refractivity contribution in [1.82, 2.24) is 15.1 Å². The number of nitrogens with zero attached hydrogens (tertiary/aromatic N) is 2. The minimum absolute atomic E-state index is 0.121. The van der Waals surface area contributed by atoms with Crippen LogP contribution in [0.2, 0.25) is 0 Å². The first-order valence-electron chi connectivity index (χ1n) is 4.71. The summed E-state index contributed by atoms with van der Waals surface area (Å²) in [7, 11) is 5.50. The van der Waals surface area contributed by atoms with Crippen LogP contribution < -0.4 is 10.1 Å². The van der Waals surface area contributed by atoms with E-state index in [1.54, 1.807) is 11.8 Å². The van der Waals surface area contributed by atoms with Crippen LogP contribution in [-0.2, 0) is 12.6 Å². The van der Waals surface area contributed by atoms with E-state index in [1.807, 2.05) is 21.0 Å². The lowest BCUT2D eigenvalue weighted by Crippen LogP contribution is -2.33. The Bertz CT molecular complexity index is 328. The van der Waals surface area contributed by atoms with Gasteiger partial charge in [-0.05, 0) is 27.8 Å². The maximum absolute atomic E-state index is 5.35. The SMILES string of the molecule is CNC(C)(C)c1c(C)nn(C)c1OC. The monoisotopic (exact) mass is 197 g/mol. The van der Waals surface area contributed by atoms with Gasteiger partial charge in [-0.3, -0.25) is 0 Å². The fraction of sp³-hybridized carbons (Fsp3) is 0.700. The molecule has 0 aromatic carbocycles. The van der Waals surface area contributed by atoms with Gasteiger partial charge in [-0.25, -0.2) is 4.68 Å². The molecule has 0 aliphatic carbocycles. The van der Waals surface area contributed by atoms with Crippen molar-refractivity contribution in [3.63, 3.8) is 0 Å². The van der Waals surface area contributed by atoms with Crippen LogP contribution in [0.1, 0.15) is 25.1 Å². The second kappa shape index (κ2) is 3.61. The number of aryl methyl sites for hydroxylation is 2. The average molecular weight is 197 g/mol. The molecule has 0 bridgehead atoms. The first kappa shape index (κ1) is 11.0. The summed E-state index contributed by atoms with van der Waals surface area (Å²) >= 11 is 0. The Kier molecular flexibility index (Phi) is 2.85. The topological polar surface area (TPSA) is 39.1 Å². The lowest BCUT2D eigenvalue weighted by Gasteiger charge is -2.24. The van der Waals surface area contributed by atoms with Crippen molar-refractivity contribution in [3.8, 4) is 5.88 Å². The minimum atomic E-state index is -0.121. The Labute approximate surface area is 85.3 Å². The Balaban J connectivity index is 3.32. The van der Waals surface area contributed by atoms with Crippen LogP contribution in [0.3, 0.4) is 0 Å². The molecule has 4 heteroatoms. The van der Waals surface area contributed by atoms with Gasteiger partial charge in [0.15, 0.2) is 0 Å². The van der Waals surface area contributed by atoms with E-state index >= 15 is 0 Å². The summed E-state index contributed by atoms with van der Waals surface area (Å²) in [5, 5.41) is 7.60. The zero-order valence-corrected chi connectivity index (χ0v) is 9.80.